The molecule has 0 amide bonds. The summed E-state index contributed by atoms with van der Waals surface area (Å²) in [5.41, 5.74) is 3.82. The first-order valence-corrected chi connectivity index (χ1v) is 15.6. The van der Waals surface area contributed by atoms with E-state index in [9.17, 15) is 0 Å². The van der Waals surface area contributed by atoms with Crippen LogP contribution in [-0.4, -0.2) is 32.7 Å². The first kappa shape index (κ1) is 24.9. The zero-order valence-electron chi connectivity index (χ0n) is 20.6. The van der Waals surface area contributed by atoms with Crippen LogP contribution >= 0.6 is 23.5 Å². The Hall–Kier alpha value is -2.76. The molecule has 3 nitrogen and oxygen atoms in total. The van der Waals surface area contributed by atoms with Gasteiger partial charge in [-0.05, 0) is 0 Å². The molecule has 36 heavy (non-hydrogen) atoms. The van der Waals surface area contributed by atoms with Gasteiger partial charge in [-0.2, -0.15) is 0 Å². The number of anilines is 1. The summed E-state index contributed by atoms with van der Waals surface area (Å²) in [6.07, 6.45) is 17.0. The summed E-state index contributed by atoms with van der Waals surface area (Å²) in [4.78, 5) is 9.42. The second kappa shape index (κ2) is 11.5. The number of allylic oxidation sites excluding steroid dienone is 4. The van der Waals surface area contributed by atoms with Crippen molar-refractivity contribution < 1.29 is 4.57 Å². The van der Waals surface area contributed by atoms with Gasteiger partial charge in [-0.3, -0.25) is 0 Å². The summed E-state index contributed by atoms with van der Waals surface area (Å²) in [7, 11) is 2.10. The molecule has 2 aromatic carbocycles. The average Bonchev–Trinajstić information content (AvgIpc) is 3.26. The second-order valence-electron chi connectivity index (χ2n) is 8.26. The first-order chi connectivity index (χ1) is 17.7. The zero-order valence-corrected chi connectivity index (χ0v) is 23.9. The molecular weight excluding hydrogens is 545 g/mol. The molecule has 0 saturated carbocycles. The predicted octanol–water partition coefficient (Wildman–Crippen LogP) is 6.21. The summed E-state index contributed by atoms with van der Waals surface area (Å²) in [5.74, 6) is 0. The van der Waals surface area contributed by atoms with Gasteiger partial charge in [-0.1, -0.05) is 0 Å². The van der Waals surface area contributed by atoms with E-state index in [-0.39, 0.29) is 0 Å². The molecule has 0 fully saturated rings. The van der Waals surface area contributed by atoms with Gasteiger partial charge in [0.15, 0.2) is 0 Å². The Morgan fingerprint density at radius 1 is 1.00 bits per heavy atom. The molecule has 0 radical (unpaired) electrons. The Kier molecular flexibility index (Phi) is 7.98. The molecule has 0 bridgehead atoms. The molecular formula is C30H28N3S2Se+. The van der Waals surface area contributed by atoms with Crippen molar-refractivity contribution in [1.82, 2.24) is 4.98 Å². The van der Waals surface area contributed by atoms with Crippen LogP contribution in [-0.2, 0) is 7.05 Å². The van der Waals surface area contributed by atoms with Gasteiger partial charge >= 0.3 is 229 Å². The standard InChI is InChI=1S/C30H28N3S2Se/c1-4-33-27-16-14-24(35-29-11-8-9-18-31-29)21-28(27)36-30(33)12-7-5-6-10-22-17-19-32(2)26-15-13-23(34-3)20-25(22)26/h5-21H,4H2,1-3H3/q+1. The van der Waals surface area contributed by atoms with Crippen LogP contribution in [0.3, 0.4) is 0 Å². The summed E-state index contributed by atoms with van der Waals surface area (Å²) < 4.78 is 5.01. The maximum atomic E-state index is 4.45. The van der Waals surface area contributed by atoms with Crippen LogP contribution in [0.4, 0.5) is 5.69 Å². The third kappa shape index (κ3) is 5.47. The third-order valence-corrected chi connectivity index (χ3v) is 9.99. The fourth-order valence-corrected chi connectivity index (χ4v) is 8.07. The van der Waals surface area contributed by atoms with Crippen molar-refractivity contribution in [3.05, 3.63) is 108 Å². The van der Waals surface area contributed by atoms with Gasteiger partial charge in [0.05, 0.1) is 0 Å². The summed E-state index contributed by atoms with van der Waals surface area (Å²) in [6.45, 7) is 3.20. The van der Waals surface area contributed by atoms with E-state index in [4.69, 9.17) is 0 Å². The van der Waals surface area contributed by atoms with Gasteiger partial charge in [-0.15, -0.1) is 0 Å². The molecule has 180 valence electrons. The van der Waals surface area contributed by atoms with E-state index >= 15 is 0 Å². The molecule has 5 rings (SSSR count). The topological polar surface area (TPSA) is 20.0 Å². The van der Waals surface area contributed by atoms with Crippen LogP contribution in [0.2, 0.25) is 0 Å². The monoisotopic (exact) mass is 574 g/mol. The molecule has 1 aliphatic heterocycles. The Bertz CT molecular complexity index is 1480. The van der Waals surface area contributed by atoms with Crippen molar-refractivity contribution in [2.24, 2.45) is 7.05 Å². The average molecular weight is 574 g/mol. The number of hydrogen-bond acceptors (Lipinski definition) is 4. The van der Waals surface area contributed by atoms with Crippen LogP contribution in [0, 0.1) is 0 Å². The van der Waals surface area contributed by atoms with Crippen molar-refractivity contribution in [2.45, 2.75) is 21.7 Å². The molecule has 0 unspecified atom stereocenters. The van der Waals surface area contributed by atoms with E-state index in [2.05, 4.69) is 120 Å². The van der Waals surface area contributed by atoms with Crippen LogP contribution in [0.15, 0.2) is 117 Å². The minimum absolute atomic E-state index is 0.290. The zero-order chi connectivity index (χ0) is 24.9. The van der Waals surface area contributed by atoms with Gasteiger partial charge in [-0.25, -0.2) is 0 Å². The fourth-order valence-electron chi connectivity index (χ4n) is 4.18. The molecule has 0 saturated heterocycles. The predicted molar refractivity (Wildman–Crippen MR) is 156 cm³/mol. The van der Waals surface area contributed by atoms with Crippen molar-refractivity contribution in [1.29, 1.82) is 0 Å². The van der Waals surface area contributed by atoms with Crippen molar-refractivity contribution in [3.63, 3.8) is 0 Å². The molecule has 0 aliphatic carbocycles. The molecule has 0 spiro atoms. The number of aromatic nitrogens is 2. The van der Waals surface area contributed by atoms with Gasteiger partial charge in [0.2, 0.25) is 0 Å². The third-order valence-electron chi connectivity index (χ3n) is 5.99. The Morgan fingerprint density at radius 3 is 2.69 bits per heavy atom. The molecule has 0 N–H and O–H groups in total. The SMILES string of the molecule is CCN1\C(=C/C=C/C=C/c2cc[n+](C)c3ccc(SC)cc23)[Se]c2cc(Sc3ccccn3)ccc21. The maximum absolute atomic E-state index is 4.45. The van der Waals surface area contributed by atoms with Crippen LogP contribution < -0.4 is 13.9 Å². The van der Waals surface area contributed by atoms with Gasteiger partial charge in [0.1, 0.15) is 0 Å². The van der Waals surface area contributed by atoms with E-state index in [1.807, 2.05) is 18.3 Å². The van der Waals surface area contributed by atoms with Crippen LogP contribution in [0.25, 0.3) is 17.0 Å². The normalized spacial score (nSPS) is 14.5. The molecule has 1 aliphatic rings. The van der Waals surface area contributed by atoms with E-state index in [0.29, 0.717) is 15.0 Å². The van der Waals surface area contributed by atoms with Gasteiger partial charge < -0.3 is 0 Å². The summed E-state index contributed by atoms with van der Waals surface area (Å²) in [5, 5.41) is 2.31. The molecule has 4 aromatic rings. The van der Waals surface area contributed by atoms with E-state index < -0.39 is 0 Å². The number of thioether (sulfide) groups is 1. The van der Waals surface area contributed by atoms with Crippen LogP contribution in [0.1, 0.15) is 12.5 Å². The van der Waals surface area contributed by atoms with E-state index in [1.165, 1.54) is 41.0 Å². The number of rotatable bonds is 7. The number of nitrogens with zero attached hydrogens (tertiary/aromatic N) is 3. The Labute approximate surface area is 228 Å². The number of fused-ring (bicyclic) bond motifs is 2. The fraction of sp³-hybridized carbons (Fsp3) is 0.133. The summed E-state index contributed by atoms with van der Waals surface area (Å²) >= 11 is 3.80. The van der Waals surface area contributed by atoms with E-state index in [0.717, 1.165) is 11.6 Å². The molecule has 0 atom stereocenters. The molecule has 2 aromatic heterocycles. The molecule has 6 heteroatoms. The number of aryl methyl sites for hydroxylation is 1. The van der Waals surface area contributed by atoms with Crippen molar-refractivity contribution >= 4 is 65.6 Å². The van der Waals surface area contributed by atoms with Crippen molar-refractivity contribution in [3.8, 4) is 0 Å². The van der Waals surface area contributed by atoms with Crippen LogP contribution in [0.5, 0.6) is 0 Å². The van der Waals surface area contributed by atoms with Gasteiger partial charge in [0, 0.05) is 0 Å². The number of pyridine rings is 2. The second-order valence-corrected chi connectivity index (χ2v) is 12.5. The minimum atomic E-state index is 0.290. The Morgan fingerprint density at radius 2 is 1.89 bits per heavy atom. The first-order valence-electron chi connectivity index (χ1n) is 11.9. The number of benzene rings is 2. The number of hydrogen-bond donors (Lipinski definition) is 0. The van der Waals surface area contributed by atoms with E-state index in [1.54, 1.807) is 23.5 Å². The van der Waals surface area contributed by atoms with Crippen molar-refractivity contribution in [2.75, 3.05) is 17.7 Å². The quantitative estimate of drug-likeness (QED) is 0.113. The van der Waals surface area contributed by atoms with Gasteiger partial charge in [0.25, 0.3) is 0 Å². The molecule has 3 heterocycles. The summed E-state index contributed by atoms with van der Waals surface area (Å²) in [6, 6.07) is 21.7. The Balaban J connectivity index is 1.32.